The molecule has 2 aliphatic heterocycles. The molecule has 0 saturated carbocycles. The fourth-order valence-corrected chi connectivity index (χ4v) is 5.99. The number of hydrogen-bond donors (Lipinski definition) is 1. The number of benzene rings is 1. The van der Waals surface area contributed by atoms with Crippen molar-refractivity contribution >= 4 is 23.3 Å². The Bertz CT molecular complexity index is 1020. The zero-order chi connectivity index (χ0) is 24.4. The van der Waals surface area contributed by atoms with Gasteiger partial charge in [0.2, 0.25) is 5.91 Å². The number of piperazine rings is 1. The fraction of sp³-hybridized carbons (Fsp3) is 0.593. The normalized spacial score (nSPS) is 23.9. The Balaban J connectivity index is 1.27. The van der Waals surface area contributed by atoms with E-state index in [4.69, 9.17) is 16.3 Å². The maximum Gasteiger partial charge on any atom is 0.231 e. The van der Waals surface area contributed by atoms with E-state index in [0.29, 0.717) is 42.5 Å². The van der Waals surface area contributed by atoms with Crippen LogP contribution in [0.1, 0.15) is 67.7 Å². The Morgan fingerprint density at radius 1 is 1.09 bits per heavy atom. The van der Waals surface area contributed by atoms with Gasteiger partial charge in [0.15, 0.2) is 0 Å². The molecule has 0 bridgehead atoms. The number of rotatable bonds is 6. The van der Waals surface area contributed by atoms with Gasteiger partial charge < -0.3 is 19.9 Å². The number of halogens is 1. The first-order valence-corrected chi connectivity index (χ1v) is 13.3. The van der Waals surface area contributed by atoms with Crippen molar-refractivity contribution in [3.63, 3.8) is 0 Å². The Labute approximate surface area is 213 Å². The molecule has 2 fully saturated rings. The number of fused-ring (bicyclic) bond motifs is 1. The minimum atomic E-state index is -0.231. The first-order chi connectivity index (χ1) is 17.0. The summed E-state index contributed by atoms with van der Waals surface area (Å²) in [5.74, 6) is 1.97. The second-order valence-corrected chi connectivity index (χ2v) is 10.7. The van der Waals surface area contributed by atoms with Gasteiger partial charge in [-0.15, -0.1) is 0 Å². The second kappa shape index (κ2) is 10.8. The predicted molar refractivity (Wildman–Crippen MR) is 138 cm³/mol. The number of carbonyl (C=O) groups is 1. The van der Waals surface area contributed by atoms with Gasteiger partial charge in [-0.05, 0) is 48.8 Å². The van der Waals surface area contributed by atoms with Crippen LogP contribution in [-0.4, -0.2) is 72.8 Å². The van der Waals surface area contributed by atoms with Crippen LogP contribution in [0.15, 0.2) is 30.6 Å². The van der Waals surface area contributed by atoms with E-state index >= 15 is 0 Å². The lowest BCUT2D eigenvalue weighted by Gasteiger charge is -2.38. The minimum absolute atomic E-state index is 0.182. The molecule has 1 aliphatic carbocycles. The molecule has 188 valence electrons. The summed E-state index contributed by atoms with van der Waals surface area (Å²) in [6.07, 6.45) is 4.81. The van der Waals surface area contributed by atoms with Crippen molar-refractivity contribution in [2.75, 3.05) is 50.8 Å². The minimum Gasteiger partial charge on any atom is -0.381 e. The molecule has 8 heteroatoms. The molecule has 1 N–H and O–H groups in total. The molecule has 0 unspecified atom stereocenters. The van der Waals surface area contributed by atoms with Crippen molar-refractivity contribution in [3.8, 4) is 0 Å². The van der Waals surface area contributed by atoms with Crippen LogP contribution in [0.25, 0.3) is 0 Å². The van der Waals surface area contributed by atoms with Gasteiger partial charge >= 0.3 is 0 Å². The first kappa shape index (κ1) is 24.5. The Kier molecular flexibility index (Phi) is 7.56. The summed E-state index contributed by atoms with van der Waals surface area (Å²) in [7, 11) is 0. The quantitative estimate of drug-likeness (QED) is 0.651. The Morgan fingerprint density at radius 2 is 1.80 bits per heavy atom. The zero-order valence-electron chi connectivity index (χ0n) is 20.8. The van der Waals surface area contributed by atoms with Crippen molar-refractivity contribution in [1.82, 2.24) is 20.2 Å². The number of ether oxygens (including phenoxy) is 1. The molecule has 1 aromatic carbocycles. The number of anilines is 1. The smallest absolute Gasteiger partial charge is 0.231 e. The first-order valence-electron chi connectivity index (χ1n) is 13.0. The topological polar surface area (TPSA) is 70.6 Å². The van der Waals surface area contributed by atoms with Gasteiger partial charge in [0.25, 0.3) is 0 Å². The largest absolute Gasteiger partial charge is 0.381 e. The van der Waals surface area contributed by atoms with Crippen LogP contribution in [0.4, 0.5) is 5.82 Å². The number of nitrogens with one attached hydrogen (secondary N) is 1. The number of hydrogen-bond acceptors (Lipinski definition) is 6. The lowest BCUT2D eigenvalue weighted by Crippen LogP contribution is -2.51. The summed E-state index contributed by atoms with van der Waals surface area (Å²) in [5.41, 5.74) is 3.51. The average Bonchev–Trinajstić information content (AvgIpc) is 3.19. The van der Waals surface area contributed by atoms with Gasteiger partial charge in [-0.2, -0.15) is 0 Å². The van der Waals surface area contributed by atoms with Gasteiger partial charge in [-0.3, -0.25) is 4.79 Å². The molecule has 2 saturated heterocycles. The second-order valence-electron chi connectivity index (χ2n) is 10.2. The van der Waals surface area contributed by atoms with Crippen molar-refractivity contribution in [3.05, 3.63) is 52.4 Å². The standard InChI is InChI=1S/C27H36ClN5O2/c1-18-15-19(2)25-24(18)26(31-17-30-25)32-9-11-33(12-10-32)27(34)23(20-3-5-21(28)6-4-20)16-29-22-7-13-35-14-8-22/h3-6,17-19,22-23,29H,7-16H2,1-2H3/t18-,19+,23-/m1/s1. The van der Waals surface area contributed by atoms with Crippen LogP contribution >= 0.6 is 11.6 Å². The van der Waals surface area contributed by atoms with Crippen LogP contribution in [-0.2, 0) is 9.53 Å². The van der Waals surface area contributed by atoms with Crippen molar-refractivity contribution < 1.29 is 9.53 Å². The third kappa shape index (κ3) is 5.32. The summed E-state index contributed by atoms with van der Waals surface area (Å²) < 4.78 is 5.49. The maximum absolute atomic E-state index is 13.8. The molecule has 3 aliphatic rings. The molecule has 1 aromatic heterocycles. The Hall–Kier alpha value is -2.22. The summed E-state index contributed by atoms with van der Waals surface area (Å²) in [5, 5.41) is 4.33. The van der Waals surface area contributed by atoms with E-state index in [2.05, 4.69) is 34.0 Å². The maximum atomic E-state index is 13.8. The fourth-order valence-electron chi connectivity index (χ4n) is 5.86. The van der Waals surface area contributed by atoms with E-state index in [1.807, 2.05) is 29.2 Å². The van der Waals surface area contributed by atoms with Crippen molar-refractivity contribution in [2.24, 2.45) is 0 Å². The number of nitrogens with zero attached hydrogens (tertiary/aromatic N) is 4. The molecule has 0 spiro atoms. The SMILES string of the molecule is C[C@@H]1C[C@H](C)c2ncnc(N3CCN(C(=O)[C@H](CNC4CCOCC4)c4ccc(Cl)cc4)CC3)c21. The van der Waals surface area contributed by atoms with Gasteiger partial charge in [0.1, 0.15) is 12.1 Å². The molecule has 5 rings (SSSR count). The lowest BCUT2D eigenvalue weighted by atomic mass is 9.96. The molecule has 3 atom stereocenters. The molecule has 0 radical (unpaired) electrons. The van der Waals surface area contributed by atoms with Gasteiger partial charge in [-0.25, -0.2) is 9.97 Å². The third-order valence-corrected chi connectivity index (χ3v) is 8.11. The summed E-state index contributed by atoms with van der Waals surface area (Å²) in [6.45, 7) is 9.69. The van der Waals surface area contributed by atoms with Crippen LogP contribution in [0, 0.1) is 0 Å². The number of aromatic nitrogens is 2. The lowest BCUT2D eigenvalue weighted by molar-refractivity contribution is -0.133. The van der Waals surface area contributed by atoms with Gasteiger partial charge in [0.05, 0.1) is 11.6 Å². The van der Waals surface area contributed by atoms with Gasteiger partial charge in [0, 0.05) is 62.6 Å². The molecule has 1 amide bonds. The highest BCUT2D eigenvalue weighted by Crippen LogP contribution is 2.43. The van der Waals surface area contributed by atoms with Crippen LogP contribution in [0.3, 0.4) is 0 Å². The molecular formula is C27H36ClN5O2. The summed E-state index contributed by atoms with van der Waals surface area (Å²) >= 11 is 6.14. The van der Waals surface area contributed by atoms with E-state index < -0.39 is 0 Å². The molecule has 3 heterocycles. The highest BCUT2D eigenvalue weighted by atomic mass is 35.5. The average molecular weight is 498 g/mol. The van der Waals surface area contributed by atoms with E-state index in [1.165, 1.54) is 11.3 Å². The highest BCUT2D eigenvalue weighted by Gasteiger charge is 2.34. The monoisotopic (exact) mass is 497 g/mol. The van der Waals surface area contributed by atoms with Crippen LogP contribution in [0.5, 0.6) is 0 Å². The van der Waals surface area contributed by atoms with Crippen molar-refractivity contribution in [2.45, 2.75) is 56.9 Å². The Morgan fingerprint density at radius 3 is 2.51 bits per heavy atom. The molecule has 2 aromatic rings. The van der Waals surface area contributed by atoms with Crippen LogP contribution < -0.4 is 10.2 Å². The molecular weight excluding hydrogens is 462 g/mol. The predicted octanol–water partition coefficient (Wildman–Crippen LogP) is 3.94. The van der Waals surface area contributed by atoms with E-state index in [0.717, 1.165) is 56.9 Å². The third-order valence-electron chi connectivity index (χ3n) is 7.85. The van der Waals surface area contributed by atoms with E-state index in [-0.39, 0.29) is 11.8 Å². The number of amides is 1. The molecule has 35 heavy (non-hydrogen) atoms. The zero-order valence-corrected chi connectivity index (χ0v) is 21.5. The van der Waals surface area contributed by atoms with Crippen LogP contribution in [0.2, 0.25) is 5.02 Å². The highest BCUT2D eigenvalue weighted by molar-refractivity contribution is 6.30. The van der Waals surface area contributed by atoms with E-state index in [1.54, 1.807) is 6.33 Å². The molecule has 7 nitrogen and oxygen atoms in total. The van der Waals surface area contributed by atoms with Gasteiger partial charge in [-0.1, -0.05) is 37.6 Å². The van der Waals surface area contributed by atoms with Crippen molar-refractivity contribution in [1.29, 1.82) is 0 Å². The number of carbonyl (C=O) groups excluding carboxylic acids is 1. The summed E-state index contributed by atoms with van der Waals surface area (Å²) in [6, 6.07) is 8.12. The summed E-state index contributed by atoms with van der Waals surface area (Å²) in [4.78, 5) is 27.4. The van der Waals surface area contributed by atoms with E-state index in [9.17, 15) is 4.79 Å².